The summed E-state index contributed by atoms with van der Waals surface area (Å²) in [4.78, 5) is 39.4. The van der Waals surface area contributed by atoms with Crippen molar-refractivity contribution in [1.29, 1.82) is 0 Å². The Labute approximate surface area is 197 Å². The van der Waals surface area contributed by atoms with Crippen molar-refractivity contribution in [2.45, 2.75) is 84.3 Å². The number of rotatable bonds is 10. The van der Waals surface area contributed by atoms with Crippen molar-refractivity contribution in [3.63, 3.8) is 0 Å². The van der Waals surface area contributed by atoms with E-state index in [0.29, 0.717) is 19.4 Å². The van der Waals surface area contributed by atoms with E-state index in [1.54, 1.807) is 26.8 Å². The van der Waals surface area contributed by atoms with Gasteiger partial charge in [-0.05, 0) is 39.0 Å². The second-order valence-electron chi connectivity index (χ2n) is 10.2. The van der Waals surface area contributed by atoms with Crippen molar-refractivity contribution in [2.75, 3.05) is 26.9 Å². The van der Waals surface area contributed by atoms with Crippen LogP contribution in [0.4, 0.5) is 4.79 Å². The number of esters is 1. The van der Waals surface area contributed by atoms with E-state index in [-0.39, 0.29) is 19.1 Å². The Morgan fingerprint density at radius 1 is 1.21 bits per heavy atom. The van der Waals surface area contributed by atoms with Crippen molar-refractivity contribution in [3.05, 3.63) is 12.7 Å². The molecule has 0 aromatic rings. The fourth-order valence-corrected chi connectivity index (χ4v) is 3.51. The molecule has 3 N–H and O–H groups in total. The lowest BCUT2D eigenvalue weighted by atomic mass is 9.85. The SMILES string of the molecule is C=CCOCC(NC(=O)OC(C)(C)C)C(O)NC(C(=O)N1CCCC1C(=O)OC)C(C)(C)C. The van der Waals surface area contributed by atoms with E-state index in [1.807, 2.05) is 20.8 Å². The van der Waals surface area contributed by atoms with Gasteiger partial charge in [-0.15, -0.1) is 6.58 Å². The number of aliphatic hydroxyl groups excluding tert-OH is 1. The number of methoxy groups -OCH3 is 1. The molecular formula is C23H41N3O7. The second-order valence-corrected chi connectivity index (χ2v) is 10.2. The van der Waals surface area contributed by atoms with E-state index in [0.717, 1.165) is 0 Å². The van der Waals surface area contributed by atoms with Crippen LogP contribution in [0.1, 0.15) is 54.4 Å². The molecule has 4 atom stereocenters. The average molecular weight is 472 g/mol. The number of nitrogens with one attached hydrogen (secondary N) is 2. The summed E-state index contributed by atoms with van der Waals surface area (Å²) < 4.78 is 15.6. The normalized spacial score (nSPS) is 19.4. The minimum absolute atomic E-state index is 0.0427. The quantitative estimate of drug-likeness (QED) is 0.190. The highest BCUT2D eigenvalue weighted by molar-refractivity contribution is 5.88. The summed E-state index contributed by atoms with van der Waals surface area (Å²) in [5.74, 6) is -0.783. The van der Waals surface area contributed by atoms with Crippen molar-refractivity contribution in [1.82, 2.24) is 15.5 Å². The van der Waals surface area contributed by atoms with Gasteiger partial charge in [0, 0.05) is 6.54 Å². The highest BCUT2D eigenvalue weighted by Crippen LogP contribution is 2.26. The maximum absolute atomic E-state index is 13.4. The molecule has 1 heterocycles. The number of nitrogens with zero attached hydrogens (tertiary/aromatic N) is 1. The van der Waals surface area contributed by atoms with Gasteiger partial charge in [0.15, 0.2) is 0 Å². The molecule has 10 nitrogen and oxygen atoms in total. The van der Waals surface area contributed by atoms with E-state index in [4.69, 9.17) is 14.2 Å². The van der Waals surface area contributed by atoms with Gasteiger partial charge in [0.25, 0.3) is 0 Å². The molecule has 0 aliphatic carbocycles. The first-order valence-corrected chi connectivity index (χ1v) is 11.2. The molecule has 2 amide bonds. The second kappa shape index (κ2) is 12.3. The first-order chi connectivity index (χ1) is 15.2. The standard InChI is InChI=1S/C23H41N3O7/c1-9-13-32-14-15(24-21(30)33-23(5,6)7)18(27)25-17(22(2,3)4)19(28)26-12-10-11-16(26)20(29)31-8/h9,15-18,25,27H,1,10-14H2,2-8H3,(H,24,30). The zero-order valence-corrected chi connectivity index (χ0v) is 21.0. The van der Waals surface area contributed by atoms with E-state index in [9.17, 15) is 19.5 Å². The van der Waals surface area contributed by atoms with Crippen LogP contribution < -0.4 is 10.6 Å². The molecule has 0 radical (unpaired) electrons. The Bertz CT molecular complexity index is 685. The molecule has 33 heavy (non-hydrogen) atoms. The number of ether oxygens (including phenoxy) is 3. The molecule has 1 fully saturated rings. The Morgan fingerprint density at radius 2 is 1.85 bits per heavy atom. The third-order valence-electron chi connectivity index (χ3n) is 5.08. The van der Waals surface area contributed by atoms with Crippen LogP contribution in [-0.4, -0.2) is 84.8 Å². The van der Waals surface area contributed by atoms with Crippen LogP contribution in [0.3, 0.4) is 0 Å². The highest BCUT2D eigenvalue weighted by atomic mass is 16.6. The third kappa shape index (κ3) is 9.30. The molecule has 1 saturated heterocycles. The van der Waals surface area contributed by atoms with Gasteiger partial charge in [0.2, 0.25) is 5.91 Å². The van der Waals surface area contributed by atoms with Crippen LogP contribution in [-0.2, 0) is 23.8 Å². The summed E-state index contributed by atoms with van der Waals surface area (Å²) in [7, 11) is 1.29. The summed E-state index contributed by atoms with van der Waals surface area (Å²) in [6.45, 7) is 14.9. The Kier molecular flexibility index (Phi) is 10.8. The average Bonchev–Trinajstić information content (AvgIpc) is 3.17. The monoisotopic (exact) mass is 471 g/mol. The Balaban J connectivity index is 3.04. The Morgan fingerprint density at radius 3 is 2.36 bits per heavy atom. The van der Waals surface area contributed by atoms with Crippen LogP contribution in [0.25, 0.3) is 0 Å². The molecule has 1 aliphatic rings. The first-order valence-electron chi connectivity index (χ1n) is 11.2. The zero-order chi connectivity index (χ0) is 25.4. The van der Waals surface area contributed by atoms with Gasteiger partial charge in [-0.3, -0.25) is 10.1 Å². The summed E-state index contributed by atoms with van der Waals surface area (Å²) in [5, 5.41) is 16.5. The Hall–Kier alpha value is -2.17. The van der Waals surface area contributed by atoms with Gasteiger partial charge in [0.05, 0.1) is 32.4 Å². The molecular weight excluding hydrogens is 430 g/mol. The molecule has 190 valence electrons. The molecule has 4 unspecified atom stereocenters. The van der Waals surface area contributed by atoms with Gasteiger partial charge >= 0.3 is 12.1 Å². The van der Waals surface area contributed by atoms with Gasteiger partial charge in [-0.1, -0.05) is 26.8 Å². The molecule has 0 saturated carbocycles. The maximum atomic E-state index is 13.4. The fraction of sp³-hybridized carbons (Fsp3) is 0.783. The van der Waals surface area contributed by atoms with E-state index >= 15 is 0 Å². The number of aliphatic hydroxyl groups is 1. The van der Waals surface area contributed by atoms with Crippen LogP contribution in [0, 0.1) is 5.41 Å². The van der Waals surface area contributed by atoms with E-state index in [1.165, 1.54) is 12.0 Å². The largest absolute Gasteiger partial charge is 0.467 e. The highest BCUT2D eigenvalue weighted by Gasteiger charge is 2.43. The van der Waals surface area contributed by atoms with Crippen LogP contribution >= 0.6 is 0 Å². The molecule has 1 aliphatic heterocycles. The molecule has 0 aromatic carbocycles. The lowest BCUT2D eigenvalue weighted by Crippen LogP contribution is -2.62. The summed E-state index contributed by atoms with van der Waals surface area (Å²) >= 11 is 0. The van der Waals surface area contributed by atoms with Crippen molar-refractivity contribution >= 4 is 18.0 Å². The predicted molar refractivity (Wildman–Crippen MR) is 123 cm³/mol. The fourth-order valence-electron chi connectivity index (χ4n) is 3.51. The number of hydrogen-bond donors (Lipinski definition) is 3. The number of likely N-dealkylation sites (tertiary alicyclic amines) is 1. The minimum atomic E-state index is -1.34. The topological polar surface area (TPSA) is 126 Å². The molecule has 0 bridgehead atoms. The van der Waals surface area contributed by atoms with E-state index in [2.05, 4.69) is 17.2 Å². The summed E-state index contributed by atoms with van der Waals surface area (Å²) in [6.07, 6.45) is 0.694. The van der Waals surface area contributed by atoms with Crippen molar-refractivity contribution in [3.8, 4) is 0 Å². The molecule has 0 aromatic heterocycles. The van der Waals surface area contributed by atoms with Crippen molar-refractivity contribution in [2.24, 2.45) is 5.41 Å². The predicted octanol–water partition coefficient (Wildman–Crippen LogP) is 1.57. The smallest absolute Gasteiger partial charge is 0.408 e. The van der Waals surface area contributed by atoms with Gasteiger partial charge < -0.3 is 29.5 Å². The van der Waals surface area contributed by atoms with Crippen molar-refractivity contribution < 1.29 is 33.7 Å². The van der Waals surface area contributed by atoms with Crippen LogP contribution in [0.15, 0.2) is 12.7 Å². The number of carbonyl (C=O) groups is 3. The van der Waals surface area contributed by atoms with Gasteiger partial charge in [-0.25, -0.2) is 9.59 Å². The maximum Gasteiger partial charge on any atom is 0.408 e. The number of alkyl carbamates (subject to hydrolysis) is 1. The molecule has 0 spiro atoms. The lowest BCUT2D eigenvalue weighted by molar-refractivity contribution is -0.153. The van der Waals surface area contributed by atoms with Gasteiger partial charge in [-0.2, -0.15) is 0 Å². The number of carbonyl (C=O) groups excluding carboxylic acids is 3. The lowest BCUT2D eigenvalue weighted by Gasteiger charge is -2.38. The van der Waals surface area contributed by atoms with Crippen LogP contribution in [0.5, 0.6) is 0 Å². The third-order valence-corrected chi connectivity index (χ3v) is 5.08. The minimum Gasteiger partial charge on any atom is -0.467 e. The molecule has 1 rings (SSSR count). The van der Waals surface area contributed by atoms with Crippen LogP contribution in [0.2, 0.25) is 0 Å². The summed E-state index contributed by atoms with van der Waals surface area (Å²) in [6, 6.07) is -2.41. The first kappa shape index (κ1) is 28.9. The van der Waals surface area contributed by atoms with E-state index < -0.39 is 47.4 Å². The number of amides is 2. The number of hydrogen-bond acceptors (Lipinski definition) is 8. The van der Waals surface area contributed by atoms with Gasteiger partial charge in [0.1, 0.15) is 17.9 Å². The summed E-state index contributed by atoms with van der Waals surface area (Å²) in [5.41, 5.74) is -1.34. The zero-order valence-electron chi connectivity index (χ0n) is 21.0. The molecule has 10 heteroatoms.